The van der Waals surface area contributed by atoms with Crippen LogP contribution in [0.2, 0.25) is 0 Å². The lowest BCUT2D eigenvalue weighted by molar-refractivity contribution is 0.382. The van der Waals surface area contributed by atoms with Crippen LogP contribution >= 0.6 is 0 Å². The molecule has 0 saturated heterocycles. The van der Waals surface area contributed by atoms with Crippen LogP contribution in [0.5, 0.6) is 5.88 Å². The molecule has 5 nitrogen and oxygen atoms in total. The van der Waals surface area contributed by atoms with Crippen LogP contribution < -0.4 is 10.1 Å². The number of furan rings is 1. The Labute approximate surface area is 106 Å². The minimum Gasteiger partial charge on any atom is -0.480 e. The highest BCUT2D eigenvalue weighted by Crippen LogP contribution is 2.26. The van der Waals surface area contributed by atoms with E-state index < -0.39 is 0 Å². The molecule has 1 unspecified atom stereocenters. The maximum Gasteiger partial charge on any atom is 0.237 e. The van der Waals surface area contributed by atoms with Gasteiger partial charge in [0.15, 0.2) is 0 Å². The summed E-state index contributed by atoms with van der Waals surface area (Å²) in [5.41, 5.74) is 1.79. The number of methoxy groups -OCH3 is 1. The van der Waals surface area contributed by atoms with Crippen molar-refractivity contribution in [3.63, 3.8) is 0 Å². The molecule has 0 amide bonds. The molecule has 0 aliphatic carbocycles. The van der Waals surface area contributed by atoms with Crippen molar-refractivity contribution in [2.45, 2.75) is 19.4 Å². The smallest absolute Gasteiger partial charge is 0.237 e. The summed E-state index contributed by atoms with van der Waals surface area (Å²) >= 11 is 0. The van der Waals surface area contributed by atoms with Crippen LogP contribution in [-0.4, -0.2) is 23.6 Å². The van der Waals surface area contributed by atoms with Gasteiger partial charge < -0.3 is 14.5 Å². The van der Waals surface area contributed by atoms with Gasteiger partial charge in [-0.25, -0.2) is 4.98 Å². The summed E-state index contributed by atoms with van der Waals surface area (Å²) in [5.74, 6) is 0.535. The zero-order valence-electron chi connectivity index (χ0n) is 10.6. The van der Waals surface area contributed by atoms with Gasteiger partial charge >= 0.3 is 0 Å². The van der Waals surface area contributed by atoms with Gasteiger partial charge in [0.25, 0.3) is 0 Å². The summed E-state index contributed by atoms with van der Waals surface area (Å²) < 4.78 is 10.4. The van der Waals surface area contributed by atoms with E-state index in [0.717, 1.165) is 24.2 Å². The number of nitrogens with zero attached hydrogens (tertiary/aromatic N) is 2. The third-order valence-corrected chi connectivity index (χ3v) is 2.63. The van der Waals surface area contributed by atoms with Crippen molar-refractivity contribution in [3.05, 3.63) is 42.2 Å². The summed E-state index contributed by atoms with van der Waals surface area (Å²) in [5, 5.41) is 3.42. The Bertz CT molecular complexity index is 471. The molecule has 0 aromatic carbocycles. The Hall–Kier alpha value is -1.88. The maximum atomic E-state index is 5.26. The van der Waals surface area contributed by atoms with E-state index >= 15 is 0 Å². The van der Waals surface area contributed by atoms with Crippen LogP contribution in [0.25, 0.3) is 0 Å². The van der Waals surface area contributed by atoms with E-state index in [-0.39, 0.29) is 6.04 Å². The van der Waals surface area contributed by atoms with E-state index in [1.54, 1.807) is 32.0 Å². The Kier molecular flexibility index (Phi) is 4.30. The van der Waals surface area contributed by atoms with Gasteiger partial charge in [-0.2, -0.15) is 0 Å². The Morgan fingerprint density at radius 1 is 1.39 bits per heavy atom. The van der Waals surface area contributed by atoms with Crippen LogP contribution in [0, 0.1) is 0 Å². The molecule has 5 heteroatoms. The number of nitrogens with one attached hydrogen (secondary N) is 1. The Balaban J connectivity index is 2.33. The molecule has 1 N–H and O–H groups in total. The van der Waals surface area contributed by atoms with E-state index in [9.17, 15) is 0 Å². The number of hydrogen-bond donors (Lipinski definition) is 1. The quantitative estimate of drug-likeness (QED) is 0.847. The molecular weight excluding hydrogens is 230 g/mol. The normalized spacial score (nSPS) is 12.3. The SMILES string of the molecule is CCCNC(c1ccoc1)c1nccnc1OC. The maximum absolute atomic E-state index is 5.26. The monoisotopic (exact) mass is 247 g/mol. The first-order chi connectivity index (χ1) is 8.86. The second kappa shape index (κ2) is 6.16. The van der Waals surface area contributed by atoms with Crippen molar-refractivity contribution >= 4 is 0 Å². The fourth-order valence-corrected chi connectivity index (χ4v) is 1.79. The van der Waals surface area contributed by atoms with Crippen LogP contribution in [0.1, 0.15) is 30.6 Å². The first kappa shape index (κ1) is 12.6. The minimum atomic E-state index is -0.0626. The average molecular weight is 247 g/mol. The molecule has 1 atom stereocenters. The van der Waals surface area contributed by atoms with Crippen LogP contribution in [-0.2, 0) is 0 Å². The molecule has 2 heterocycles. The molecule has 0 bridgehead atoms. The summed E-state index contributed by atoms with van der Waals surface area (Å²) in [6.07, 6.45) is 7.68. The third-order valence-electron chi connectivity index (χ3n) is 2.63. The highest BCUT2D eigenvalue weighted by atomic mass is 16.5. The van der Waals surface area contributed by atoms with Crippen molar-refractivity contribution in [1.29, 1.82) is 0 Å². The van der Waals surface area contributed by atoms with Gasteiger partial charge in [0.2, 0.25) is 5.88 Å². The number of aromatic nitrogens is 2. The summed E-state index contributed by atoms with van der Waals surface area (Å²) in [4.78, 5) is 8.55. The van der Waals surface area contributed by atoms with E-state index in [4.69, 9.17) is 9.15 Å². The Morgan fingerprint density at radius 2 is 2.22 bits per heavy atom. The standard InChI is InChI=1S/C13H17N3O2/c1-3-5-14-11(10-4-8-18-9-10)12-13(17-2)16-7-6-15-12/h4,6-9,11,14H,3,5H2,1-2H3. The molecule has 96 valence electrons. The van der Waals surface area contributed by atoms with Gasteiger partial charge in [0.05, 0.1) is 25.7 Å². The molecule has 0 aliphatic rings. The second-order valence-electron chi connectivity index (χ2n) is 3.89. The summed E-state index contributed by atoms with van der Waals surface area (Å²) in [6.45, 7) is 3.00. The molecule has 0 saturated carbocycles. The molecule has 0 fully saturated rings. The van der Waals surface area contributed by atoms with E-state index in [1.165, 1.54) is 0 Å². The van der Waals surface area contributed by atoms with Gasteiger partial charge in [0, 0.05) is 18.0 Å². The molecule has 0 aliphatic heterocycles. The predicted molar refractivity (Wildman–Crippen MR) is 67.4 cm³/mol. The average Bonchev–Trinajstić information content (AvgIpc) is 2.94. The van der Waals surface area contributed by atoms with E-state index in [0.29, 0.717) is 5.88 Å². The van der Waals surface area contributed by atoms with Crippen molar-refractivity contribution in [3.8, 4) is 5.88 Å². The Morgan fingerprint density at radius 3 is 2.89 bits per heavy atom. The first-order valence-electron chi connectivity index (χ1n) is 5.97. The molecule has 2 aromatic heterocycles. The van der Waals surface area contributed by atoms with Gasteiger partial charge in [-0.15, -0.1) is 0 Å². The molecule has 2 aromatic rings. The zero-order valence-corrected chi connectivity index (χ0v) is 10.6. The lowest BCUT2D eigenvalue weighted by atomic mass is 10.1. The van der Waals surface area contributed by atoms with Crippen molar-refractivity contribution in [1.82, 2.24) is 15.3 Å². The number of ether oxygens (including phenoxy) is 1. The summed E-state index contributed by atoms with van der Waals surface area (Å²) in [6, 6.07) is 1.86. The first-order valence-corrected chi connectivity index (χ1v) is 5.97. The second-order valence-corrected chi connectivity index (χ2v) is 3.89. The van der Waals surface area contributed by atoms with Crippen LogP contribution in [0.15, 0.2) is 35.4 Å². The zero-order chi connectivity index (χ0) is 12.8. The molecule has 18 heavy (non-hydrogen) atoms. The third kappa shape index (κ3) is 2.68. The fraction of sp³-hybridized carbons (Fsp3) is 0.385. The predicted octanol–water partition coefficient (Wildman–Crippen LogP) is 2.17. The van der Waals surface area contributed by atoms with Crippen LogP contribution in [0.3, 0.4) is 0 Å². The number of hydrogen-bond acceptors (Lipinski definition) is 5. The molecular formula is C13H17N3O2. The number of rotatable bonds is 6. The van der Waals surface area contributed by atoms with Crippen LogP contribution in [0.4, 0.5) is 0 Å². The van der Waals surface area contributed by atoms with Crippen molar-refractivity contribution in [2.75, 3.05) is 13.7 Å². The topological polar surface area (TPSA) is 60.2 Å². The summed E-state index contributed by atoms with van der Waals surface area (Å²) in [7, 11) is 1.60. The van der Waals surface area contributed by atoms with Gasteiger partial charge in [0.1, 0.15) is 5.69 Å². The van der Waals surface area contributed by atoms with Crippen molar-refractivity contribution in [2.24, 2.45) is 0 Å². The lowest BCUT2D eigenvalue weighted by Gasteiger charge is -2.17. The van der Waals surface area contributed by atoms with Gasteiger partial charge in [-0.1, -0.05) is 6.92 Å². The highest BCUT2D eigenvalue weighted by molar-refractivity contribution is 5.30. The molecule has 0 spiro atoms. The van der Waals surface area contributed by atoms with Gasteiger partial charge in [-0.3, -0.25) is 4.98 Å². The largest absolute Gasteiger partial charge is 0.480 e. The van der Waals surface area contributed by atoms with Gasteiger partial charge in [-0.05, 0) is 19.0 Å². The minimum absolute atomic E-state index is 0.0626. The molecule has 2 rings (SSSR count). The van der Waals surface area contributed by atoms with E-state index in [1.807, 2.05) is 6.07 Å². The molecule has 0 radical (unpaired) electrons. The fourth-order valence-electron chi connectivity index (χ4n) is 1.79. The lowest BCUT2D eigenvalue weighted by Crippen LogP contribution is -2.24. The van der Waals surface area contributed by atoms with E-state index in [2.05, 4.69) is 22.2 Å². The highest BCUT2D eigenvalue weighted by Gasteiger charge is 2.20. The van der Waals surface area contributed by atoms with Crippen molar-refractivity contribution < 1.29 is 9.15 Å².